The van der Waals surface area contributed by atoms with Crippen molar-refractivity contribution < 1.29 is 0 Å². The molecule has 7 N–H and O–H groups in total. The van der Waals surface area contributed by atoms with E-state index in [1.807, 2.05) is 0 Å². The van der Waals surface area contributed by atoms with Gasteiger partial charge < -0.3 is 22.3 Å². The molecule has 7 heteroatoms. The second-order valence-electron chi connectivity index (χ2n) is 4.38. The molecule has 0 aliphatic carbocycles. The highest BCUT2D eigenvalue weighted by Gasteiger charge is 2.14. The van der Waals surface area contributed by atoms with Crippen LogP contribution in [-0.4, -0.2) is 28.1 Å². The van der Waals surface area contributed by atoms with E-state index >= 15 is 0 Å². The number of hydrogen-bond donors (Lipinski definition) is 5. The average molecular weight is 281 g/mol. The second kappa shape index (κ2) is 5.91. The molecule has 0 spiro atoms. The van der Waals surface area contributed by atoms with Crippen LogP contribution in [0, 0.1) is 16.2 Å². The second-order valence-corrected chi connectivity index (χ2v) is 4.38. The first-order valence-electron chi connectivity index (χ1n) is 6.15. The Morgan fingerprint density at radius 3 is 2.52 bits per heavy atom. The Labute approximate surface area is 121 Å². The number of rotatable bonds is 5. The zero-order valence-electron chi connectivity index (χ0n) is 11.2. The summed E-state index contributed by atoms with van der Waals surface area (Å²) < 4.78 is 0. The van der Waals surface area contributed by atoms with Crippen LogP contribution < -0.4 is 11.5 Å². The number of anilines is 2. The topological polar surface area (TPSA) is 149 Å². The summed E-state index contributed by atoms with van der Waals surface area (Å²) >= 11 is 0. The minimum atomic E-state index is -0.536. The fourth-order valence-corrected chi connectivity index (χ4v) is 1.83. The lowest BCUT2D eigenvalue weighted by atomic mass is 10.0. The maximum Gasteiger partial charge on any atom is 0.124 e. The molecule has 0 bridgehead atoms. The molecule has 21 heavy (non-hydrogen) atoms. The van der Waals surface area contributed by atoms with Crippen LogP contribution in [0.1, 0.15) is 22.9 Å². The monoisotopic (exact) mass is 281 g/mol. The third kappa shape index (κ3) is 2.92. The van der Waals surface area contributed by atoms with E-state index in [0.29, 0.717) is 28.5 Å². The molecule has 2 rings (SSSR count). The van der Waals surface area contributed by atoms with Crippen LogP contribution in [0.2, 0.25) is 0 Å². The average Bonchev–Trinajstić information content (AvgIpc) is 2.49. The number of nitrogens with two attached hydrogens (primary N) is 2. The number of nitrogens with zero attached hydrogens (tertiary/aromatic N) is 2. The van der Waals surface area contributed by atoms with Gasteiger partial charge in [-0.15, -0.1) is 0 Å². The highest BCUT2D eigenvalue weighted by atomic mass is 14.8. The number of nitrogens with one attached hydrogen (secondary N) is 3. The van der Waals surface area contributed by atoms with Crippen molar-refractivity contribution in [1.29, 1.82) is 16.2 Å². The molecule has 2 heterocycles. The zero-order valence-corrected chi connectivity index (χ0v) is 11.2. The highest BCUT2D eigenvalue weighted by molar-refractivity contribution is 6.13. The van der Waals surface area contributed by atoms with Crippen molar-refractivity contribution >= 4 is 29.6 Å². The van der Waals surface area contributed by atoms with E-state index < -0.39 is 5.92 Å². The van der Waals surface area contributed by atoms with Gasteiger partial charge in [0.15, 0.2) is 0 Å². The Morgan fingerprint density at radius 2 is 1.90 bits per heavy atom. The van der Waals surface area contributed by atoms with Gasteiger partial charge in [0, 0.05) is 18.0 Å². The van der Waals surface area contributed by atoms with Crippen LogP contribution in [0.15, 0.2) is 30.5 Å². The van der Waals surface area contributed by atoms with Crippen LogP contribution in [0.5, 0.6) is 0 Å². The van der Waals surface area contributed by atoms with Gasteiger partial charge in [-0.2, -0.15) is 0 Å². The van der Waals surface area contributed by atoms with Crippen LogP contribution >= 0.6 is 0 Å². The third-order valence-corrected chi connectivity index (χ3v) is 2.95. The molecule has 0 aromatic carbocycles. The van der Waals surface area contributed by atoms with E-state index in [-0.39, 0.29) is 5.71 Å². The maximum absolute atomic E-state index is 8.22. The minimum absolute atomic E-state index is 0.122. The van der Waals surface area contributed by atoms with Gasteiger partial charge in [-0.3, -0.25) is 10.4 Å². The number of hydrogen-bond acceptors (Lipinski definition) is 7. The summed E-state index contributed by atoms with van der Waals surface area (Å²) in [6, 6.07) is 6.62. The van der Waals surface area contributed by atoms with E-state index in [1.54, 1.807) is 24.3 Å². The number of nitrogen functional groups attached to an aromatic ring is 2. The van der Waals surface area contributed by atoms with Gasteiger partial charge >= 0.3 is 0 Å². The molecule has 0 aliphatic heterocycles. The van der Waals surface area contributed by atoms with Crippen molar-refractivity contribution in [3.05, 3.63) is 47.4 Å². The van der Waals surface area contributed by atoms with Gasteiger partial charge in [0.25, 0.3) is 0 Å². The molecule has 0 aliphatic rings. The first-order valence-corrected chi connectivity index (χ1v) is 6.15. The molecule has 0 unspecified atom stereocenters. The number of aromatic nitrogens is 2. The normalized spacial score (nSPS) is 11.6. The quantitative estimate of drug-likeness (QED) is 0.527. The summed E-state index contributed by atoms with van der Waals surface area (Å²) in [7, 11) is 0. The predicted octanol–water partition coefficient (Wildman–Crippen LogP) is 1.44. The lowest BCUT2D eigenvalue weighted by Gasteiger charge is -2.11. The smallest absolute Gasteiger partial charge is 0.124 e. The Balaban J connectivity index is 2.47. The predicted molar refractivity (Wildman–Crippen MR) is 83.5 cm³/mol. The largest absolute Gasteiger partial charge is 0.397 e. The van der Waals surface area contributed by atoms with Gasteiger partial charge in [0.05, 0.1) is 34.9 Å². The molecule has 2 aromatic rings. The molecule has 7 nitrogen and oxygen atoms in total. The number of pyridine rings is 2. The highest BCUT2D eigenvalue weighted by Crippen LogP contribution is 2.19. The zero-order chi connectivity index (χ0) is 15.4. The fraction of sp³-hybridized carbons (Fsp3) is 0.0714. The van der Waals surface area contributed by atoms with E-state index in [1.165, 1.54) is 6.20 Å². The molecular formula is C14H15N7. The molecule has 0 saturated heterocycles. The van der Waals surface area contributed by atoms with Crippen molar-refractivity contribution in [2.75, 3.05) is 11.5 Å². The Hall–Kier alpha value is -3.09. The first-order chi connectivity index (χ1) is 10.1. The van der Waals surface area contributed by atoms with E-state index in [4.69, 9.17) is 27.7 Å². The van der Waals surface area contributed by atoms with E-state index in [0.717, 1.165) is 12.4 Å². The minimum Gasteiger partial charge on any atom is -0.397 e. The fourth-order valence-electron chi connectivity index (χ4n) is 1.83. The first kappa shape index (κ1) is 14.3. The van der Waals surface area contributed by atoms with E-state index in [9.17, 15) is 0 Å². The van der Waals surface area contributed by atoms with Gasteiger partial charge in [-0.1, -0.05) is 6.07 Å². The molecule has 0 radical (unpaired) electrons. The lowest BCUT2D eigenvalue weighted by molar-refractivity contribution is 1.09. The van der Waals surface area contributed by atoms with Gasteiger partial charge in [0.1, 0.15) is 5.82 Å². The van der Waals surface area contributed by atoms with Crippen LogP contribution in [0.4, 0.5) is 11.5 Å². The Morgan fingerprint density at radius 1 is 1.19 bits per heavy atom. The molecular weight excluding hydrogens is 266 g/mol. The molecule has 0 fully saturated rings. The summed E-state index contributed by atoms with van der Waals surface area (Å²) in [4.78, 5) is 8.20. The van der Waals surface area contributed by atoms with Crippen LogP contribution in [-0.2, 0) is 0 Å². The van der Waals surface area contributed by atoms with Crippen molar-refractivity contribution in [3.63, 3.8) is 0 Å². The summed E-state index contributed by atoms with van der Waals surface area (Å²) in [6.45, 7) is 0. The molecule has 0 atom stereocenters. The van der Waals surface area contributed by atoms with Crippen molar-refractivity contribution in [3.8, 4) is 0 Å². The Bertz CT molecular complexity index is 700. The lowest BCUT2D eigenvalue weighted by Crippen LogP contribution is -2.12. The Kier molecular flexibility index (Phi) is 4.03. The van der Waals surface area contributed by atoms with Gasteiger partial charge in [-0.25, -0.2) is 4.98 Å². The summed E-state index contributed by atoms with van der Waals surface area (Å²) in [5.41, 5.74) is 13.3. The van der Waals surface area contributed by atoms with Crippen molar-refractivity contribution in [1.82, 2.24) is 9.97 Å². The van der Waals surface area contributed by atoms with Crippen LogP contribution in [0.3, 0.4) is 0 Å². The van der Waals surface area contributed by atoms with Crippen molar-refractivity contribution in [2.45, 2.75) is 5.92 Å². The molecule has 2 aromatic heterocycles. The summed E-state index contributed by atoms with van der Waals surface area (Å²) in [5.74, 6) is -0.215. The SMILES string of the molecule is N=CC(C=N)c1cc(C(=N)c2cccc(N)n2)c(N)cn1. The molecule has 106 valence electrons. The van der Waals surface area contributed by atoms with Crippen LogP contribution in [0.25, 0.3) is 0 Å². The summed E-state index contributed by atoms with van der Waals surface area (Å²) in [6.07, 6.45) is 3.64. The third-order valence-electron chi connectivity index (χ3n) is 2.95. The molecule has 0 amide bonds. The van der Waals surface area contributed by atoms with Crippen molar-refractivity contribution in [2.24, 2.45) is 0 Å². The summed E-state index contributed by atoms with van der Waals surface area (Å²) in [5, 5.41) is 22.8. The van der Waals surface area contributed by atoms with Gasteiger partial charge in [-0.05, 0) is 18.2 Å². The van der Waals surface area contributed by atoms with E-state index in [2.05, 4.69) is 9.97 Å². The standard InChI is InChI=1S/C14H15N7/c15-5-8(6-16)12-4-9(10(17)7-20-12)14(19)11-2-1-3-13(18)21-11/h1-8,15-16,19H,17H2,(H2,18,21). The maximum atomic E-state index is 8.22. The molecule has 0 saturated carbocycles. The van der Waals surface area contributed by atoms with Gasteiger partial charge in [0.2, 0.25) is 0 Å².